The van der Waals surface area contributed by atoms with Crippen LogP contribution >= 0.6 is 0 Å². The van der Waals surface area contributed by atoms with E-state index in [0.29, 0.717) is 22.6 Å². The second-order valence-electron chi connectivity index (χ2n) is 7.71. The molecule has 0 unspecified atom stereocenters. The molecule has 9 heteroatoms. The Morgan fingerprint density at radius 2 is 1.47 bits per heavy atom. The van der Waals surface area contributed by atoms with Crippen LogP contribution in [0.1, 0.15) is 5.56 Å². The SMILES string of the molecule is CN(C(=O)CN(C(=O)CNC(=O)Nc1cccc(C=CC(=O)O)c1)c1ccccc1)c1ccccc1. The minimum atomic E-state index is -1.08. The molecule has 0 bridgehead atoms. The van der Waals surface area contributed by atoms with Crippen LogP contribution in [0, 0.1) is 0 Å². The average molecular weight is 487 g/mol. The summed E-state index contributed by atoms with van der Waals surface area (Å²) in [6.45, 7) is -0.558. The quantitative estimate of drug-likeness (QED) is 0.399. The third-order valence-electron chi connectivity index (χ3n) is 5.14. The predicted molar refractivity (Wildman–Crippen MR) is 139 cm³/mol. The second kappa shape index (κ2) is 12.5. The lowest BCUT2D eigenvalue weighted by Gasteiger charge is -2.25. The van der Waals surface area contributed by atoms with E-state index in [2.05, 4.69) is 10.6 Å². The fraction of sp³-hybridized carbons (Fsp3) is 0.111. The summed E-state index contributed by atoms with van der Waals surface area (Å²) in [5.41, 5.74) is 2.23. The van der Waals surface area contributed by atoms with Gasteiger partial charge >= 0.3 is 12.0 Å². The third kappa shape index (κ3) is 7.56. The number of carbonyl (C=O) groups excluding carboxylic acids is 3. The van der Waals surface area contributed by atoms with Crippen molar-refractivity contribution < 1.29 is 24.3 Å². The van der Waals surface area contributed by atoms with Gasteiger partial charge in [0.15, 0.2) is 0 Å². The summed E-state index contributed by atoms with van der Waals surface area (Å²) >= 11 is 0. The summed E-state index contributed by atoms with van der Waals surface area (Å²) in [7, 11) is 1.64. The normalized spacial score (nSPS) is 10.5. The van der Waals surface area contributed by atoms with Crippen LogP contribution in [-0.4, -0.2) is 49.1 Å². The number of benzene rings is 3. The first kappa shape index (κ1) is 25.7. The van der Waals surface area contributed by atoms with Crippen LogP contribution in [0.5, 0.6) is 0 Å². The molecule has 184 valence electrons. The summed E-state index contributed by atoms with van der Waals surface area (Å²) in [5, 5.41) is 13.9. The van der Waals surface area contributed by atoms with Crippen molar-refractivity contribution in [1.82, 2.24) is 5.32 Å². The third-order valence-corrected chi connectivity index (χ3v) is 5.14. The Bertz CT molecular complexity index is 1250. The smallest absolute Gasteiger partial charge is 0.328 e. The van der Waals surface area contributed by atoms with Crippen LogP contribution in [0.4, 0.5) is 21.9 Å². The van der Waals surface area contributed by atoms with E-state index in [0.717, 1.165) is 6.08 Å². The predicted octanol–water partition coefficient (Wildman–Crippen LogP) is 3.60. The molecule has 3 rings (SSSR count). The van der Waals surface area contributed by atoms with Crippen molar-refractivity contribution in [3.05, 3.63) is 96.6 Å². The molecule has 0 heterocycles. The lowest BCUT2D eigenvalue weighted by Crippen LogP contribution is -2.46. The largest absolute Gasteiger partial charge is 0.478 e. The van der Waals surface area contributed by atoms with Crippen molar-refractivity contribution in [3.63, 3.8) is 0 Å². The zero-order chi connectivity index (χ0) is 25.9. The van der Waals surface area contributed by atoms with Gasteiger partial charge in [0.25, 0.3) is 0 Å². The molecule has 9 nitrogen and oxygen atoms in total. The number of carbonyl (C=O) groups is 4. The van der Waals surface area contributed by atoms with E-state index in [1.165, 1.54) is 15.9 Å². The first-order chi connectivity index (χ1) is 17.3. The number of aliphatic carboxylic acids is 1. The van der Waals surface area contributed by atoms with E-state index < -0.39 is 17.9 Å². The number of hydrogen-bond acceptors (Lipinski definition) is 4. The molecule has 0 saturated heterocycles. The molecule has 0 aromatic heterocycles. The Hall–Kier alpha value is -4.92. The minimum absolute atomic E-state index is 0.213. The highest BCUT2D eigenvalue weighted by Gasteiger charge is 2.22. The van der Waals surface area contributed by atoms with E-state index in [-0.39, 0.29) is 19.0 Å². The van der Waals surface area contributed by atoms with Gasteiger partial charge in [-0.15, -0.1) is 0 Å². The number of para-hydroxylation sites is 2. The van der Waals surface area contributed by atoms with Gasteiger partial charge in [0.1, 0.15) is 6.54 Å². The monoisotopic (exact) mass is 486 g/mol. The lowest BCUT2D eigenvalue weighted by molar-refractivity contribution is -0.131. The number of rotatable bonds is 9. The van der Waals surface area contributed by atoms with Crippen LogP contribution in [0.15, 0.2) is 91.0 Å². The van der Waals surface area contributed by atoms with Crippen LogP contribution in [0.25, 0.3) is 6.08 Å². The van der Waals surface area contributed by atoms with Crippen molar-refractivity contribution in [1.29, 1.82) is 0 Å². The molecule has 0 saturated carbocycles. The van der Waals surface area contributed by atoms with Gasteiger partial charge in [0.2, 0.25) is 11.8 Å². The molecular formula is C27H26N4O5. The first-order valence-electron chi connectivity index (χ1n) is 11.1. The minimum Gasteiger partial charge on any atom is -0.478 e. The number of carboxylic acids is 1. The molecule has 0 radical (unpaired) electrons. The summed E-state index contributed by atoms with van der Waals surface area (Å²) in [6, 6.07) is 23.8. The molecule has 0 aliphatic rings. The van der Waals surface area contributed by atoms with Crippen LogP contribution < -0.4 is 20.4 Å². The maximum absolute atomic E-state index is 13.0. The molecular weight excluding hydrogens is 460 g/mol. The topological polar surface area (TPSA) is 119 Å². The fourth-order valence-electron chi connectivity index (χ4n) is 3.28. The van der Waals surface area contributed by atoms with E-state index in [9.17, 15) is 19.2 Å². The highest BCUT2D eigenvalue weighted by Crippen LogP contribution is 2.16. The maximum Gasteiger partial charge on any atom is 0.328 e. The van der Waals surface area contributed by atoms with Gasteiger partial charge in [0.05, 0.1) is 6.54 Å². The molecule has 0 atom stereocenters. The molecule has 3 aromatic rings. The number of amides is 4. The van der Waals surface area contributed by atoms with E-state index >= 15 is 0 Å². The van der Waals surface area contributed by atoms with Crippen LogP contribution in [0.3, 0.4) is 0 Å². The van der Waals surface area contributed by atoms with Crippen molar-refractivity contribution in [2.75, 3.05) is 35.3 Å². The number of likely N-dealkylation sites (N-methyl/N-ethyl adjacent to an activating group) is 1. The van der Waals surface area contributed by atoms with Crippen molar-refractivity contribution in [3.8, 4) is 0 Å². The summed E-state index contributed by atoms with van der Waals surface area (Å²) in [4.78, 5) is 51.8. The Morgan fingerprint density at radius 3 is 2.11 bits per heavy atom. The second-order valence-corrected chi connectivity index (χ2v) is 7.71. The van der Waals surface area contributed by atoms with E-state index in [4.69, 9.17) is 5.11 Å². The number of anilines is 3. The van der Waals surface area contributed by atoms with Gasteiger partial charge in [-0.3, -0.25) is 9.59 Å². The highest BCUT2D eigenvalue weighted by atomic mass is 16.4. The lowest BCUT2D eigenvalue weighted by atomic mass is 10.2. The summed E-state index contributed by atoms with van der Waals surface area (Å²) < 4.78 is 0. The van der Waals surface area contributed by atoms with Crippen molar-refractivity contribution in [2.45, 2.75) is 0 Å². The standard InChI is InChI=1S/C27H26N4O5/c1-30(22-11-4-2-5-12-22)25(33)19-31(23-13-6-3-7-14-23)24(32)18-28-27(36)29-21-10-8-9-20(17-21)15-16-26(34)35/h2-17H,18-19H2,1H3,(H,34,35)(H2,28,29,36). The molecule has 4 amide bonds. The molecule has 36 heavy (non-hydrogen) atoms. The Kier molecular flexibility index (Phi) is 8.94. The van der Waals surface area contributed by atoms with Gasteiger partial charge in [-0.2, -0.15) is 0 Å². The maximum atomic E-state index is 13.0. The molecule has 3 aromatic carbocycles. The van der Waals surface area contributed by atoms with Gasteiger partial charge < -0.3 is 25.5 Å². The van der Waals surface area contributed by atoms with Crippen LogP contribution in [-0.2, 0) is 14.4 Å². The molecule has 3 N–H and O–H groups in total. The first-order valence-corrected chi connectivity index (χ1v) is 11.1. The number of hydrogen-bond donors (Lipinski definition) is 3. The Morgan fingerprint density at radius 1 is 0.833 bits per heavy atom. The number of urea groups is 1. The van der Waals surface area contributed by atoms with Gasteiger partial charge in [-0.05, 0) is 48.0 Å². The van der Waals surface area contributed by atoms with Crippen LogP contribution in [0.2, 0.25) is 0 Å². The zero-order valence-electron chi connectivity index (χ0n) is 19.6. The molecule has 0 aliphatic heterocycles. The Balaban J connectivity index is 1.64. The Labute approximate surface area is 208 Å². The fourth-order valence-corrected chi connectivity index (χ4v) is 3.28. The number of nitrogens with zero attached hydrogens (tertiary/aromatic N) is 2. The van der Waals surface area contributed by atoms with E-state index in [1.807, 2.05) is 18.2 Å². The highest BCUT2D eigenvalue weighted by molar-refractivity contribution is 6.05. The molecule has 0 aliphatic carbocycles. The summed E-state index contributed by atoms with van der Waals surface area (Å²) in [6.07, 6.45) is 2.39. The zero-order valence-corrected chi connectivity index (χ0v) is 19.6. The number of carboxylic acid groups (broad SMARTS) is 1. The van der Waals surface area contributed by atoms with Crippen molar-refractivity contribution in [2.24, 2.45) is 0 Å². The van der Waals surface area contributed by atoms with E-state index in [1.54, 1.807) is 73.8 Å². The molecule has 0 fully saturated rings. The number of nitrogens with one attached hydrogen (secondary N) is 2. The van der Waals surface area contributed by atoms with Gasteiger partial charge in [0, 0.05) is 30.2 Å². The average Bonchev–Trinajstić information content (AvgIpc) is 2.89. The van der Waals surface area contributed by atoms with Gasteiger partial charge in [-0.1, -0.05) is 48.5 Å². The van der Waals surface area contributed by atoms with Crippen molar-refractivity contribution >= 4 is 47.0 Å². The summed E-state index contributed by atoms with van der Waals surface area (Å²) in [5.74, 6) is -1.85. The van der Waals surface area contributed by atoms with Gasteiger partial charge in [-0.25, -0.2) is 9.59 Å². The molecule has 0 spiro atoms.